The van der Waals surface area contributed by atoms with E-state index in [0.29, 0.717) is 11.8 Å². The minimum absolute atomic E-state index is 0.165. The van der Waals surface area contributed by atoms with Gasteiger partial charge in [0, 0.05) is 12.1 Å². The number of nitro groups is 2. The largest absolute Gasteiger partial charge is 0.458 e. The summed E-state index contributed by atoms with van der Waals surface area (Å²) in [7, 11) is 0. The Morgan fingerprint density at radius 3 is 2.16 bits per heavy atom. The number of hydrogen-bond acceptors (Lipinski definition) is 6. The van der Waals surface area contributed by atoms with Gasteiger partial charge in [0.2, 0.25) is 0 Å². The number of esters is 1. The maximum Gasteiger partial charge on any atom is 0.338 e. The Bertz CT molecular complexity index is 655. The Kier molecular flexibility index (Phi) is 5.71. The van der Waals surface area contributed by atoms with Crippen molar-refractivity contribution in [2.75, 3.05) is 0 Å². The molecule has 0 N–H and O–H groups in total. The monoisotopic (exact) mass is 350 g/mol. The molecular weight excluding hydrogens is 328 g/mol. The number of carbonyl (C=O) groups excluding carboxylic acids is 1. The van der Waals surface area contributed by atoms with Crippen molar-refractivity contribution < 1.29 is 19.4 Å². The fraction of sp³-hybridized carbons (Fsp3) is 0.588. The van der Waals surface area contributed by atoms with Gasteiger partial charge < -0.3 is 4.74 Å². The van der Waals surface area contributed by atoms with Gasteiger partial charge in [-0.3, -0.25) is 20.2 Å². The van der Waals surface area contributed by atoms with Crippen LogP contribution in [0, 0.1) is 38.0 Å². The topological polar surface area (TPSA) is 113 Å². The van der Waals surface area contributed by atoms with Gasteiger partial charge in [-0.15, -0.1) is 0 Å². The lowest BCUT2D eigenvalue weighted by Gasteiger charge is -2.36. The van der Waals surface area contributed by atoms with Crippen LogP contribution in [0.2, 0.25) is 0 Å². The first kappa shape index (κ1) is 18.8. The van der Waals surface area contributed by atoms with Crippen LogP contribution in [0.15, 0.2) is 18.2 Å². The predicted octanol–water partition coefficient (Wildman–Crippen LogP) is 4.12. The summed E-state index contributed by atoms with van der Waals surface area (Å²) < 4.78 is 5.61. The number of nitro benzene ring substituents is 2. The number of nitrogens with zero attached hydrogens (tertiary/aromatic N) is 2. The van der Waals surface area contributed by atoms with E-state index in [-0.39, 0.29) is 17.6 Å². The van der Waals surface area contributed by atoms with Crippen LogP contribution in [-0.4, -0.2) is 21.9 Å². The van der Waals surface area contributed by atoms with Crippen LogP contribution in [0.4, 0.5) is 11.4 Å². The molecule has 0 radical (unpaired) electrons. The van der Waals surface area contributed by atoms with E-state index in [1.165, 1.54) is 0 Å². The first-order valence-corrected chi connectivity index (χ1v) is 8.34. The highest BCUT2D eigenvalue weighted by Gasteiger charge is 2.34. The highest BCUT2D eigenvalue weighted by Crippen LogP contribution is 2.36. The van der Waals surface area contributed by atoms with Crippen molar-refractivity contribution in [3.05, 3.63) is 44.0 Å². The van der Waals surface area contributed by atoms with Crippen molar-refractivity contribution in [2.24, 2.45) is 17.8 Å². The standard InChI is InChI=1S/C17H22N2O6/c1-10(2)15-5-4-11(3)6-16(15)25-17(20)12-7-13(18(21)22)9-14(8-12)19(23)24/h7-11,15-16H,4-6H2,1-3H3/t11-,15+,16+/m1/s1. The van der Waals surface area contributed by atoms with Crippen LogP contribution in [0.1, 0.15) is 50.4 Å². The number of hydrogen-bond donors (Lipinski definition) is 0. The van der Waals surface area contributed by atoms with E-state index in [1.54, 1.807) is 0 Å². The number of carbonyl (C=O) groups is 1. The Labute approximate surface area is 145 Å². The maximum absolute atomic E-state index is 12.5. The molecular formula is C17H22N2O6. The summed E-state index contributed by atoms with van der Waals surface area (Å²) in [5.74, 6) is 0.224. The Balaban J connectivity index is 2.27. The molecule has 8 heteroatoms. The molecule has 0 unspecified atom stereocenters. The van der Waals surface area contributed by atoms with Gasteiger partial charge >= 0.3 is 5.97 Å². The molecule has 0 spiro atoms. The molecule has 8 nitrogen and oxygen atoms in total. The van der Waals surface area contributed by atoms with E-state index in [9.17, 15) is 25.0 Å². The van der Waals surface area contributed by atoms with Gasteiger partial charge in [-0.25, -0.2) is 4.79 Å². The molecule has 136 valence electrons. The molecule has 0 aromatic heterocycles. The summed E-state index contributed by atoms with van der Waals surface area (Å²) in [5.41, 5.74) is -1.17. The minimum atomic E-state index is -0.761. The van der Waals surface area contributed by atoms with E-state index in [4.69, 9.17) is 4.74 Å². The summed E-state index contributed by atoms with van der Waals surface area (Å²) in [5, 5.41) is 21.9. The van der Waals surface area contributed by atoms with E-state index >= 15 is 0 Å². The van der Waals surface area contributed by atoms with Gasteiger partial charge in [-0.2, -0.15) is 0 Å². The third-order valence-corrected chi connectivity index (χ3v) is 4.78. The molecule has 25 heavy (non-hydrogen) atoms. The van der Waals surface area contributed by atoms with E-state index in [0.717, 1.165) is 37.5 Å². The summed E-state index contributed by atoms with van der Waals surface area (Å²) >= 11 is 0. The normalized spacial score (nSPS) is 23.3. The van der Waals surface area contributed by atoms with E-state index < -0.39 is 27.2 Å². The molecule has 3 atom stereocenters. The lowest BCUT2D eigenvalue weighted by molar-refractivity contribution is -0.394. The fourth-order valence-corrected chi connectivity index (χ4v) is 3.38. The average Bonchev–Trinajstić information content (AvgIpc) is 2.54. The van der Waals surface area contributed by atoms with Gasteiger partial charge in [-0.1, -0.05) is 27.2 Å². The first-order chi connectivity index (χ1) is 11.7. The first-order valence-electron chi connectivity index (χ1n) is 8.34. The van der Waals surface area contributed by atoms with Crippen molar-refractivity contribution in [1.29, 1.82) is 0 Å². The molecule has 1 saturated carbocycles. The lowest BCUT2D eigenvalue weighted by atomic mass is 9.75. The third kappa shape index (κ3) is 4.52. The van der Waals surface area contributed by atoms with Crippen LogP contribution in [-0.2, 0) is 4.74 Å². The molecule has 0 aliphatic heterocycles. The van der Waals surface area contributed by atoms with Crippen molar-refractivity contribution in [1.82, 2.24) is 0 Å². The molecule has 0 amide bonds. The van der Waals surface area contributed by atoms with Crippen molar-refractivity contribution in [3.63, 3.8) is 0 Å². The Hall–Kier alpha value is -2.51. The molecule has 0 saturated heterocycles. The Morgan fingerprint density at radius 2 is 1.68 bits per heavy atom. The summed E-state index contributed by atoms with van der Waals surface area (Å²) in [6.07, 6.45) is 2.46. The van der Waals surface area contributed by atoms with Gasteiger partial charge in [0.05, 0.1) is 21.5 Å². The lowest BCUT2D eigenvalue weighted by Crippen LogP contribution is -2.35. The van der Waals surface area contributed by atoms with E-state index in [2.05, 4.69) is 20.8 Å². The van der Waals surface area contributed by atoms with Crippen LogP contribution in [0.25, 0.3) is 0 Å². The minimum Gasteiger partial charge on any atom is -0.458 e. The number of benzene rings is 1. The van der Waals surface area contributed by atoms with Crippen LogP contribution >= 0.6 is 0 Å². The molecule has 1 aliphatic carbocycles. The molecule has 2 rings (SSSR count). The second kappa shape index (κ2) is 7.58. The van der Waals surface area contributed by atoms with Crippen molar-refractivity contribution >= 4 is 17.3 Å². The molecule has 1 aromatic rings. The SMILES string of the molecule is CC(C)[C@@H]1CC[C@@H](C)C[C@@H]1OC(=O)c1cc([N+](=O)[O-])cc([N+](=O)[O-])c1. The molecule has 1 aliphatic rings. The molecule has 1 fully saturated rings. The average molecular weight is 350 g/mol. The molecule has 1 aromatic carbocycles. The zero-order valence-corrected chi connectivity index (χ0v) is 14.5. The summed E-state index contributed by atoms with van der Waals surface area (Å²) in [4.78, 5) is 32.9. The highest BCUT2D eigenvalue weighted by molar-refractivity contribution is 5.91. The number of rotatable bonds is 5. The summed E-state index contributed by atoms with van der Waals surface area (Å²) in [6.45, 7) is 6.23. The maximum atomic E-state index is 12.5. The smallest absolute Gasteiger partial charge is 0.338 e. The Morgan fingerprint density at radius 1 is 1.12 bits per heavy atom. The second-order valence-corrected chi connectivity index (χ2v) is 7.02. The van der Waals surface area contributed by atoms with Crippen LogP contribution in [0.3, 0.4) is 0 Å². The number of non-ortho nitro benzene ring substituents is 2. The van der Waals surface area contributed by atoms with Gasteiger partial charge in [0.25, 0.3) is 11.4 Å². The molecule has 0 bridgehead atoms. The van der Waals surface area contributed by atoms with Crippen molar-refractivity contribution in [2.45, 2.75) is 46.1 Å². The molecule has 0 heterocycles. The number of ether oxygens (including phenoxy) is 1. The van der Waals surface area contributed by atoms with E-state index in [1.807, 2.05) is 0 Å². The van der Waals surface area contributed by atoms with Gasteiger partial charge in [0.1, 0.15) is 6.10 Å². The zero-order chi connectivity index (χ0) is 18.7. The third-order valence-electron chi connectivity index (χ3n) is 4.78. The van der Waals surface area contributed by atoms with Crippen LogP contribution in [0.5, 0.6) is 0 Å². The van der Waals surface area contributed by atoms with Gasteiger partial charge in [-0.05, 0) is 30.6 Å². The quantitative estimate of drug-likeness (QED) is 0.448. The zero-order valence-electron chi connectivity index (χ0n) is 14.5. The highest BCUT2D eigenvalue weighted by atomic mass is 16.6. The predicted molar refractivity (Wildman–Crippen MR) is 90.3 cm³/mol. The van der Waals surface area contributed by atoms with Crippen LogP contribution < -0.4 is 0 Å². The van der Waals surface area contributed by atoms with Crippen molar-refractivity contribution in [3.8, 4) is 0 Å². The second-order valence-electron chi connectivity index (χ2n) is 7.02. The van der Waals surface area contributed by atoms with Gasteiger partial charge in [0.15, 0.2) is 0 Å². The summed E-state index contributed by atoms with van der Waals surface area (Å²) in [6, 6.07) is 2.87. The fourth-order valence-electron chi connectivity index (χ4n) is 3.38.